The van der Waals surface area contributed by atoms with Gasteiger partial charge < -0.3 is 14.6 Å². The number of halogens is 1. The molecule has 1 N–H and O–H groups in total. The van der Waals surface area contributed by atoms with Gasteiger partial charge in [-0.1, -0.05) is 49.3 Å². The summed E-state index contributed by atoms with van der Waals surface area (Å²) in [6.07, 6.45) is 0. The number of nitrogens with one attached hydrogen (secondary N) is 1. The minimum atomic E-state index is -0.265. The van der Waals surface area contributed by atoms with Gasteiger partial charge >= 0.3 is 0 Å². The third-order valence-corrected chi connectivity index (χ3v) is 5.66. The Morgan fingerprint density at radius 1 is 1.24 bits per heavy atom. The SMILES string of the molecule is CCNC(=O)c1onc(-c2cc(C(C)C)c(C)cc2OCc2ccccc2)c1I. The molecule has 3 rings (SSSR count). The molecule has 1 aromatic heterocycles. The molecule has 3 aromatic rings. The molecule has 0 fully saturated rings. The molecular weight excluding hydrogens is 479 g/mol. The first-order valence-corrected chi connectivity index (χ1v) is 10.7. The van der Waals surface area contributed by atoms with Crippen molar-refractivity contribution >= 4 is 28.5 Å². The highest BCUT2D eigenvalue weighted by Gasteiger charge is 2.24. The number of benzene rings is 2. The smallest absolute Gasteiger partial charge is 0.291 e. The summed E-state index contributed by atoms with van der Waals surface area (Å²) in [5.41, 5.74) is 4.91. The zero-order chi connectivity index (χ0) is 21.0. The Morgan fingerprint density at radius 2 is 1.97 bits per heavy atom. The molecule has 0 aliphatic heterocycles. The lowest BCUT2D eigenvalue weighted by atomic mass is 9.94. The van der Waals surface area contributed by atoms with Crippen molar-refractivity contribution in [2.24, 2.45) is 0 Å². The second kappa shape index (κ2) is 9.43. The number of nitrogens with zero attached hydrogens (tertiary/aromatic N) is 1. The molecule has 5 nitrogen and oxygen atoms in total. The standard InChI is InChI=1S/C23H25IN2O3/c1-5-25-23(27)22-20(24)21(26-29-22)18-12-17(14(2)3)15(4)11-19(18)28-13-16-9-7-6-8-10-16/h6-12,14H,5,13H2,1-4H3,(H,25,27). The van der Waals surface area contributed by atoms with Gasteiger partial charge in [-0.3, -0.25) is 4.79 Å². The van der Waals surface area contributed by atoms with Crippen molar-refractivity contribution in [3.63, 3.8) is 0 Å². The molecule has 6 heteroatoms. The van der Waals surface area contributed by atoms with E-state index in [-0.39, 0.29) is 11.7 Å². The molecule has 0 aliphatic carbocycles. The molecule has 0 bridgehead atoms. The fourth-order valence-corrected chi connectivity index (χ4v) is 3.92. The third kappa shape index (κ3) is 4.80. The van der Waals surface area contributed by atoms with Crippen LogP contribution in [-0.2, 0) is 6.61 Å². The average Bonchev–Trinajstić information content (AvgIpc) is 3.08. The van der Waals surface area contributed by atoms with Crippen molar-refractivity contribution < 1.29 is 14.1 Å². The van der Waals surface area contributed by atoms with Crippen molar-refractivity contribution in [1.82, 2.24) is 10.5 Å². The second-order valence-corrected chi connectivity index (χ2v) is 8.25. The Hall–Kier alpha value is -2.35. The zero-order valence-electron chi connectivity index (χ0n) is 17.1. The molecule has 152 valence electrons. The summed E-state index contributed by atoms with van der Waals surface area (Å²) in [4.78, 5) is 12.3. The second-order valence-electron chi connectivity index (χ2n) is 7.17. The van der Waals surface area contributed by atoms with Crippen LogP contribution in [0, 0.1) is 10.5 Å². The highest BCUT2D eigenvalue weighted by molar-refractivity contribution is 14.1. The van der Waals surface area contributed by atoms with E-state index in [2.05, 4.69) is 59.9 Å². The van der Waals surface area contributed by atoms with Gasteiger partial charge in [0.05, 0.1) is 3.57 Å². The Bertz CT molecular complexity index is 997. The molecular formula is C23H25IN2O3. The van der Waals surface area contributed by atoms with Crippen LogP contribution in [0.5, 0.6) is 5.75 Å². The first-order chi connectivity index (χ1) is 13.9. The predicted molar refractivity (Wildman–Crippen MR) is 122 cm³/mol. The van der Waals surface area contributed by atoms with Crippen LogP contribution in [0.15, 0.2) is 47.0 Å². The van der Waals surface area contributed by atoms with E-state index in [1.54, 1.807) is 0 Å². The Balaban J connectivity index is 2.04. The molecule has 0 radical (unpaired) electrons. The summed E-state index contributed by atoms with van der Waals surface area (Å²) in [5.74, 6) is 1.04. The van der Waals surface area contributed by atoms with Crippen LogP contribution in [0.2, 0.25) is 0 Å². The third-order valence-electron chi connectivity index (χ3n) is 4.66. The van der Waals surface area contributed by atoms with Gasteiger partial charge in [0.25, 0.3) is 5.91 Å². The van der Waals surface area contributed by atoms with Crippen LogP contribution in [0.25, 0.3) is 11.3 Å². The first-order valence-electron chi connectivity index (χ1n) is 9.67. The summed E-state index contributed by atoms with van der Waals surface area (Å²) in [7, 11) is 0. The van der Waals surface area contributed by atoms with Gasteiger partial charge in [-0.25, -0.2) is 0 Å². The lowest BCUT2D eigenvalue weighted by Crippen LogP contribution is -2.22. The normalized spacial score (nSPS) is 11.0. The van der Waals surface area contributed by atoms with E-state index < -0.39 is 0 Å². The van der Waals surface area contributed by atoms with Crippen molar-refractivity contribution in [1.29, 1.82) is 0 Å². The number of aromatic nitrogens is 1. The number of amides is 1. The van der Waals surface area contributed by atoms with E-state index >= 15 is 0 Å². The van der Waals surface area contributed by atoms with Crippen LogP contribution < -0.4 is 10.1 Å². The highest BCUT2D eigenvalue weighted by Crippen LogP contribution is 2.38. The predicted octanol–water partition coefficient (Wildman–Crippen LogP) is 5.71. The van der Waals surface area contributed by atoms with Gasteiger partial charge in [0.2, 0.25) is 5.76 Å². The van der Waals surface area contributed by atoms with E-state index in [1.807, 2.05) is 43.3 Å². The van der Waals surface area contributed by atoms with Gasteiger partial charge in [-0.15, -0.1) is 0 Å². The van der Waals surface area contributed by atoms with Crippen LogP contribution in [0.1, 0.15) is 53.9 Å². The fraction of sp³-hybridized carbons (Fsp3) is 0.304. The number of ether oxygens (including phenoxy) is 1. The van der Waals surface area contributed by atoms with Gasteiger partial charge in [0.1, 0.15) is 18.1 Å². The van der Waals surface area contributed by atoms with Crippen molar-refractivity contribution in [3.8, 4) is 17.0 Å². The number of carbonyl (C=O) groups is 1. The minimum absolute atomic E-state index is 0.225. The highest BCUT2D eigenvalue weighted by atomic mass is 127. The molecule has 0 unspecified atom stereocenters. The van der Waals surface area contributed by atoms with E-state index in [0.717, 1.165) is 22.4 Å². The quantitative estimate of drug-likeness (QED) is 0.419. The van der Waals surface area contributed by atoms with Gasteiger partial charge in [0, 0.05) is 12.1 Å². The Morgan fingerprint density at radius 3 is 2.62 bits per heavy atom. The summed E-state index contributed by atoms with van der Waals surface area (Å²) < 4.78 is 12.2. The molecule has 0 saturated heterocycles. The van der Waals surface area contributed by atoms with E-state index in [0.29, 0.717) is 28.3 Å². The molecule has 29 heavy (non-hydrogen) atoms. The van der Waals surface area contributed by atoms with Crippen molar-refractivity contribution in [2.75, 3.05) is 6.54 Å². The van der Waals surface area contributed by atoms with E-state index in [9.17, 15) is 4.79 Å². The van der Waals surface area contributed by atoms with E-state index in [1.165, 1.54) is 5.56 Å². The fourth-order valence-electron chi connectivity index (χ4n) is 3.19. The molecule has 2 aromatic carbocycles. The first kappa shape index (κ1) is 21.4. The van der Waals surface area contributed by atoms with E-state index in [4.69, 9.17) is 9.26 Å². The summed E-state index contributed by atoms with van der Waals surface area (Å²) in [6.45, 7) is 9.24. The number of aryl methyl sites for hydroxylation is 1. The lowest BCUT2D eigenvalue weighted by Gasteiger charge is -2.16. The van der Waals surface area contributed by atoms with Crippen LogP contribution in [0.4, 0.5) is 0 Å². The number of hydrogen-bond donors (Lipinski definition) is 1. The Labute approximate surface area is 185 Å². The van der Waals surface area contributed by atoms with Crippen molar-refractivity contribution in [3.05, 3.63) is 68.5 Å². The molecule has 0 atom stereocenters. The Kier molecular flexibility index (Phi) is 6.95. The van der Waals surface area contributed by atoms with Crippen molar-refractivity contribution in [2.45, 2.75) is 40.2 Å². The van der Waals surface area contributed by atoms with Gasteiger partial charge in [0.15, 0.2) is 0 Å². The average molecular weight is 504 g/mol. The zero-order valence-corrected chi connectivity index (χ0v) is 19.2. The van der Waals surface area contributed by atoms with Gasteiger partial charge in [-0.2, -0.15) is 0 Å². The van der Waals surface area contributed by atoms with Gasteiger partial charge in [-0.05, 0) is 71.2 Å². The van der Waals surface area contributed by atoms with Crippen LogP contribution in [-0.4, -0.2) is 17.6 Å². The summed E-state index contributed by atoms with van der Waals surface area (Å²) in [6, 6.07) is 14.2. The van der Waals surface area contributed by atoms with Crippen LogP contribution in [0.3, 0.4) is 0 Å². The number of carbonyl (C=O) groups excluding carboxylic acids is 1. The monoisotopic (exact) mass is 504 g/mol. The maximum absolute atomic E-state index is 12.3. The molecule has 0 spiro atoms. The summed E-state index contributed by atoms with van der Waals surface area (Å²) in [5, 5.41) is 6.97. The van der Waals surface area contributed by atoms with Crippen LogP contribution >= 0.6 is 22.6 Å². The number of hydrogen-bond acceptors (Lipinski definition) is 4. The maximum Gasteiger partial charge on any atom is 0.291 e. The molecule has 0 saturated carbocycles. The molecule has 1 heterocycles. The lowest BCUT2D eigenvalue weighted by molar-refractivity contribution is 0.0918. The minimum Gasteiger partial charge on any atom is -0.488 e. The maximum atomic E-state index is 12.3. The summed E-state index contributed by atoms with van der Waals surface area (Å²) >= 11 is 2.12. The topological polar surface area (TPSA) is 64.4 Å². The molecule has 1 amide bonds. The number of rotatable bonds is 7. The largest absolute Gasteiger partial charge is 0.488 e. The molecule has 0 aliphatic rings.